The summed E-state index contributed by atoms with van der Waals surface area (Å²) in [6, 6.07) is 10.6. The lowest BCUT2D eigenvalue weighted by atomic mass is 10.1. The van der Waals surface area contributed by atoms with E-state index in [0.717, 1.165) is 36.4 Å². The second-order valence-electron chi connectivity index (χ2n) is 6.47. The number of benzene rings is 1. The van der Waals surface area contributed by atoms with Gasteiger partial charge in [0.1, 0.15) is 5.69 Å². The molecule has 1 aliphatic rings. The van der Waals surface area contributed by atoms with Gasteiger partial charge in [-0.2, -0.15) is 0 Å². The van der Waals surface area contributed by atoms with Crippen LogP contribution in [0.3, 0.4) is 0 Å². The molecule has 0 aliphatic carbocycles. The molecule has 3 heterocycles. The third-order valence-corrected chi connectivity index (χ3v) is 5.48. The quantitative estimate of drug-likeness (QED) is 0.753. The van der Waals surface area contributed by atoms with Crippen molar-refractivity contribution < 1.29 is 9.59 Å². The summed E-state index contributed by atoms with van der Waals surface area (Å²) in [5.74, 6) is -0.263. The number of nitrogens with one attached hydrogen (secondary N) is 1. The van der Waals surface area contributed by atoms with Gasteiger partial charge in [0.2, 0.25) is 0 Å². The molecule has 1 fully saturated rings. The highest BCUT2D eigenvalue weighted by molar-refractivity contribution is 7.22. The van der Waals surface area contributed by atoms with Crippen molar-refractivity contribution >= 4 is 38.5 Å². The molecule has 8 heteroatoms. The van der Waals surface area contributed by atoms with Crippen molar-refractivity contribution in [2.24, 2.45) is 0 Å². The van der Waals surface area contributed by atoms with Crippen LogP contribution in [0.5, 0.6) is 0 Å². The molecule has 0 bridgehead atoms. The van der Waals surface area contributed by atoms with Gasteiger partial charge < -0.3 is 9.80 Å². The molecule has 2 amide bonds. The number of hydrogen-bond acceptors (Lipinski definition) is 6. The molecular weight excluding hydrogens is 362 g/mol. The molecule has 2 aromatic heterocycles. The Bertz CT molecular complexity index is 980. The van der Waals surface area contributed by atoms with Crippen LogP contribution < -0.4 is 5.32 Å². The SMILES string of the molecule is CN1CCN(C(=O)c2ccc3nc(NC(=O)c4ccccn4)sc3c2)CC1. The average molecular weight is 381 g/mol. The molecule has 0 saturated carbocycles. The molecule has 138 valence electrons. The fourth-order valence-electron chi connectivity index (χ4n) is 2.96. The summed E-state index contributed by atoms with van der Waals surface area (Å²) in [6.45, 7) is 3.25. The number of hydrogen-bond donors (Lipinski definition) is 1. The molecule has 1 aliphatic heterocycles. The van der Waals surface area contributed by atoms with Gasteiger partial charge in [0.05, 0.1) is 10.2 Å². The van der Waals surface area contributed by atoms with E-state index in [-0.39, 0.29) is 11.8 Å². The Balaban J connectivity index is 1.51. The van der Waals surface area contributed by atoms with Crippen molar-refractivity contribution in [2.75, 3.05) is 38.5 Å². The summed E-state index contributed by atoms with van der Waals surface area (Å²) < 4.78 is 0.867. The molecule has 4 rings (SSSR count). The number of likely N-dealkylation sites (N-methyl/N-ethyl adjacent to an activating group) is 1. The summed E-state index contributed by atoms with van der Waals surface area (Å²) >= 11 is 1.35. The Hall–Kier alpha value is -2.84. The number of rotatable bonds is 3. The second-order valence-corrected chi connectivity index (χ2v) is 7.50. The van der Waals surface area contributed by atoms with Gasteiger partial charge in [-0.15, -0.1) is 0 Å². The minimum absolute atomic E-state index is 0.0393. The van der Waals surface area contributed by atoms with E-state index < -0.39 is 0 Å². The maximum atomic E-state index is 12.7. The van der Waals surface area contributed by atoms with Gasteiger partial charge in [-0.1, -0.05) is 17.4 Å². The normalized spacial score (nSPS) is 15.1. The van der Waals surface area contributed by atoms with E-state index in [4.69, 9.17) is 0 Å². The van der Waals surface area contributed by atoms with Crippen LogP contribution in [0.25, 0.3) is 10.2 Å². The molecule has 0 atom stereocenters. The maximum Gasteiger partial charge on any atom is 0.276 e. The van der Waals surface area contributed by atoms with Gasteiger partial charge in [-0.05, 0) is 37.4 Å². The molecule has 0 unspecified atom stereocenters. The Morgan fingerprint density at radius 1 is 1.11 bits per heavy atom. The zero-order valence-electron chi connectivity index (χ0n) is 14.9. The highest BCUT2D eigenvalue weighted by Gasteiger charge is 2.21. The number of fused-ring (bicyclic) bond motifs is 1. The Labute approximate surface area is 160 Å². The molecule has 0 radical (unpaired) electrons. The van der Waals surface area contributed by atoms with E-state index in [1.165, 1.54) is 11.3 Å². The van der Waals surface area contributed by atoms with E-state index in [9.17, 15) is 9.59 Å². The average Bonchev–Trinajstić information content (AvgIpc) is 3.10. The largest absolute Gasteiger partial charge is 0.336 e. The summed E-state index contributed by atoms with van der Waals surface area (Å²) in [6.07, 6.45) is 1.57. The maximum absolute atomic E-state index is 12.7. The Morgan fingerprint density at radius 2 is 1.93 bits per heavy atom. The lowest BCUT2D eigenvalue weighted by Gasteiger charge is -2.32. The standard InChI is InChI=1S/C19H19N5O2S/c1-23-8-10-24(11-9-23)18(26)13-5-6-14-16(12-13)27-19(21-14)22-17(25)15-4-2-3-7-20-15/h2-7,12H,8-11H2,1H3,(H,21,22,25). The van der Waals surface area contributed by atoms with Crippen molar-refractivity contribution in [1.82, 2.24) is 19.8 Å². The molecule has 1 aromatic carbocycles. The van der Waals surface area contributed by atoms with E-state index >= 15 is 0 Å². The molecular formula is C19H19N5O2S. The lowest BCUT2D eigenvalue weighted by molar-refractivity contribution is 0.0664. The zero-order valence-corrected chi connectivity index (χ0v) is 15.7. The van der Waals surface area contributed by atoms with Crippen LogP contribution in [-0.2, 0) is 0 Å². The number of anilines is 1. The van der Waals surface area contributed by atoms with Gasteiger partial charge in [-0.3, -0.25) is 19.9 Å². The first-order valence-corrected chi connectivity index (χ1v) is 9.52. The monoisotopic (exact) mass is 381 g/mol. The topological polar surface area (TPSA) is 78.4 Å². The molecule has 3 aromatic rings. The molecule has 1 saturated heterocycles. The van der Waals surface area contributed by atoms with Crippen molar-refractivity contribution in [3.8, 4) is 0 Å². The highest BCUT2D eigenvalue weighted by atomic mass is 32.1. The van der Waals surface area contributed by atoms with Crippen molar-refractivity contribution in [3.05, 3.63) is 53.9 Å². The third-order valence-electron chi connectivity index (χ3n) is 4.54. The van der Waals surface area contributed by atoms with Crippen molar-refractivity contribution in [1.29, 1.82) is 0 Å². The number of aromatic nitrogens is 2. The van der Waals surface area contributed by atoms with Crippen LogP contribution in [0.1, 0.15) is 20.8 Å². The Morgan fingerprint density at radius 3 is 2.67 bits per heavy atom. The van der Waals surface area contributed by atoms with Crippen LogP contribution in [0.4, 0.5) is 5.13 Å². The fraction of sp³-hybridized carbons (Fsp3) is 0.263. The summed E-state index contributed by atoms with van der Waals surface area (Å²) in [4.78, 5) is 37.5. The number of piperazine rings is 1. The number of amides is 2. The number of carbonyl (C=O) groups excluding carboxylic acids is 2. The predicted molar refractivity (Wildman–Crippen MR) is 105 cm³/mol. The molecule has 0 spiro atoms. The minimum atomic E-state index is -0.302. The van der Waals surface area contributed by atoms with Crippen molar-refractivity contribution in [2.45, 2.75) is 0 Å². The van der Waals surface area contributed by atoms with E-state index in [1.54, 1.807) is 30.5 Å². The summed E-state index contributed by atoms with van der Waals surface area (Å²) in [5, 5.41) is 3.26. The summed E-state index contributed by atoms with van der Waals surface area (Å²) in [5.41, 5.74) is 1.74. The van der Waals surface area contributed by atoms with Gasteiger partial charge in [-0.25, -0.2) is 4.98 Å². The fourth-order valence-corrected chi connectivity index (χ4v) is 3.86. The van der Waals surface area contributed by atoms with Crippen LogP contribution >= 0.6 is 11.3 Å². The van der Waals surface area contributed by atoms with Gasteiger partial charge in [0, 0.05) is 37.9 Å². The van der Waals surface area contributed by atoms with Crippen LogP contribution in [0.2, 0.25) is 0 Å². The predicted octanol–water partition coefficient (Wildman–Crippen LogP) is 2.33. The molecule has 7 nitrogen and oxygen atoms in total. The number of pyridine rings is 1. The number of carbonyl (C=O) groups is 2. The zero-order chi connectivity index (χ0) is 18.8. The smallest absolute Gasteiger partial charge is 0.276 e. The Kier molecular flexibility index (Phi) is 4.83. The lowest BCUT2D eigenvalue weighted by Crippen LogP contribution is -2.47. The second kappa shape index (κ2) is 7.42. The number of thiazole rings is 1. The molecule has 1 N–H and O–H groups in total. The summed E-state index contributed by atoms with van der Waals surface area (Å²) in [7, 11) is 2.06. The van der Waals surface area contributed by atoms with Crippen LogP contribution in [0, 0.1) is 0 Å². The third kappa shape index (κ3) is 3.81. The number of nitrogens with zero attached hydrogens (tertiary/aromatic N) is 4. The van der Waals surface area contributed by atoms with Crippen LogP contribution in [0.15, 0.2) is 42.6 Å². The van der Waals surface area contributed by atoms with Gasteiger partial charge in [0.25, 0.3) is 11.8 Å². The van der Waals surface area contributed by atoms with Gasteiger partial charge >= 0.3 is 0 Å². The van der Waals surface area contributed by atoms with Crippen LogP contribution in [-0.4, -0.2) is 64.8 Å². The first kappa shape index (κ1) is 17.6. The van der Waals surface area contributed by atoms with E-state index in [0.29, 0.717) is 16.4 Å². The van der Waals surface area contributed by atoms with Crippen molar-refractivity contribution in [3.63, 3.8) is 0 Å². The first-order valence-electron chi connectivity index (χ1n) is 8.71. The van der Waals surface area contributed by atoms with E-state index in [1.807, 2.05) is 17.0 Å². The minimum Gasteiger partial charge on any atom is -0.336 e. The van der Waals surface area contributed by atoms with E-state index in [2.05, 4.69) is 27.2 Å². The highest BCUT2D eigenvalue weighted by Crippen LogP contribution is 2.27. The molecule has 27 heavy (non-hydrogen) atoms. The van der Waals surface area contributed by atoms with Gasteiger partial charge in [0.15, 0.2) is 5.13 Å². The first-order chi connectivity index (χ1) is 13.1.